The average molecular weight is 430 g/mol. The maximum absolute atomic E-state index is 12.3. The van der Waals surface area contributed by atoms with Gasteiger partial charge in [-0.3, -0.25) is 19.8 Å². The lowest BCUT2D eigenvalue weighted by Crippen LogP contribution is -2.49. The fraction of sp³-hybridized carbons (Fsp3) is 0.857. The van der Waals surface area contributed by atoms with Gasteiger partial charge in [-0.05, 0) is 19.4 Å². The van der Waals surface area contributed by atoms with E-state index in [-0.39, 0.29) is 24.8 Å². The predicted molar refractivity (Wildman–Crippen MR) is 118 cm³/mol. The first kappa shape index (κ1) is 28.3. The third-order valence-corrected chi connectivity index (χ3v) is 4.94. The Morgan fingerprint density at radius 2 is 1.53 bits per heavy atom. The number of hydrogen-bond donors (Lipinski definition) is 5. The van der Waals surface area contributed by atoms with Crippen molar-refractivity contribution in [2.75, 3.05) is 20.1 Å². The molecule has 7 N–H and O–H groups in total. The summed E-state index contributed by atoms with van der Waals surface area (Å²) in [5.41, 5.74) is 14.1. The molecule has 176 valence electrons. The zero-order chi connectivity index (χ0) is 22.8. The Balaban J connectivity index is 4.12. The van der Waals surface area contributed by atoms with Crippen molar-refractivity contribution in [3.63, 3.8) is 0 Å². The molecule has 30 heavy (non-hydrogen) atoms. The third-order valence-electron chi connectivity index (χ3n) is 4.94. The quantitative estimate of drug-likeness (QED) is 0.154. The Morgan fingerprint density at radius 3 is 2.07 bits per heavy atom. The predicted octanol–water partition coefficient (Wildman–Crippen LogP) is 1.51. The summed E-state index contributed by atoms with van der Waals surface area (Å²) in [7, 11) is 1.46. The molecule has 0 fully saturated rings. The molecular weight excluding hydrogens is 386 g/mol. The van der Waals surface area contributed by atoms with Crippen LogP contribution in [0.1, 0.15) is 84.0 Å². The standard InChI is InChI=1S/C21H43N5O4/c1-3-4-5-6-7-8-9-10-11-12-18(23)21(30)24-17(13-14-22)15-19(27)25-26(2)16-20(28)29/h17-18H,3-16,22-23H2,1-2H3,(H,24,30)(H,25,27)(H,28,29)/t17-,18-/m0/s1. The molecule has 0 aromatic rings. The monoisotopic (exact) mass is 429 g/mol. The van der Waals surface area contributed by atoms with Gasteiger partial charge >= 0.3 is 5.97 Å². The molecule has 0 aliphatic rings. The molecule has 0 aromatic carbocycles. The van der Waals surface area contributed by atoms with E-state index in [9.17, 15) is 14.4 Å². The fourth-order valence-corrected chi connectivity index (χ4v) is 3.27. The van der Waals surface area contributed by atoms with E-state index in [0.717, 1.165) is 12.8 Å². The van der Waals surface area contributed by atoms with Crippen LogP contribution in [0, 0.1) is 0 Å². The maximum atomic E-state index is 12.3. The number of amides is 2. The zero-order valence-corrected chi connectivity index (χ0v) is 18.8. The minimum Gasteiger partial charge on any atom is -0.480 e. The number of rotatable bonds is 19. The Bertz CT molecular complexity index is 490. The highest BCUT2D eigenvalue weighted by Crippen LogP contribution is 2.11. The number of nitrogens with zero attached hydrogens (tertiary/aromatic N) is 1. The molecule has 9 nitrogen and oxygen atoms in total. The molecule has 0 aromatic heterocycles. The van der Waals surface area contributed by atoms with Crippen molar-refractivity contribution in [2.45, 2.75) is 96.1 Å². The van der Waals surface area contributed by atoms with Crippen molar-refractivity contribution in [1.82, 2.24) is 15.8 Å². The van der Waals surface area contributed by atoms with Gasteiger partial charge in [0.25, 0.3) is 0 Å². The molecule has 0 spiro atoms. The van der Waals surface area contributed by atoms with Crippen LogP contribution in [0.3, 0.4) is 0 Å². The summed E-state index contributed by atoms with van der Waals surface area (Å²) in [4.78, 5) is 35.1. The van der Waals surface area contributed by atoms with Crippen LogP contribution in [0.5, 0.6) is 0 Å². The number of nitrogens with one attached hydrogen (secondary N) is 2. The van der Waals surface area contributed by atoms with Crippen molar-refractivity contribution in [2.24, 2.45) is 11.5 Å². The summed E-state index contributed by atoms with van der Waals surface area (Å²) in [6.45, 7) is 2.22. The van der Waals surface area contributed by atoms with E-state index in [4.69, 9.17) is 16.6 Å². The summed E-state index contributed by atoms with van der Waals surface area (Å²) >= 11 is 0. The highest BCUT2D eigenvalue weighted by molar-refractivity contribution is 5.83. The summed E-state index contributed by atoms with van der Waals surface area (Å²) in [5.74, 6) is -1.71. The van der Waals surface area contributed by atoms with Gasteiger partial charge in [0.05, 0.1) is 6.04 Å². The number of aliphatic carboxylic acids is 1. The second-order valence-electron chi connectivity index (χ2n) is 8.00. The van der Waals surface area contributed by atoms with Crippen LogP contribution in [0.4, 0.5) is 0 Å². The first-order chi connectivity index (χ1) is 14.3. The van der Waals surface area contributed by atoms with E-state index in [2.05, 4.69) is 17.7 Å². The minimum absolute atomic E-state index is 0.0116. The molecule has 0 saturated carbocycles. The molecule has 0 rings (SSSR count). The topological polar surface area (TPSA) is 151 Å². The van der Waals surface area contributed by atoms with Crippen LogP contribution in [-0.2, 0) is 14.4 Å². The molecule has 0 radical (unpaired) electrons. The molecule has 2 amide bonds. The summed E-state index contributed by atoms with van der Waals surface area (Å²) < 4.78 is 0. The number of carbonyl (C=O) groups excluding carboxylic acids is 2. The molecular formula is C21H43N5O4. The molecule has 2 atom stereocenters. The lowest BCUT2D eigenvalue weighted by atomic mass is 10.0. The summed E-state index contributed by atoms with van der Waals surface area (Å²) in [6.07, 6.45) is 11.9. The highest BCUT2D eigenvalue weighted by atomic mass is 16.4. The maximum Gasteiger partial charge on any atom is 0.319 e. The normalized spacial score (nSPS) is 13.1. The molecule has 0 heterocycles. The van der Waals surface area contributed by atoms with Crippen molar-refractivity contribution in [3.05, 3.63) is 0 Å². The van der Waals surface area contributed by atoms with E-state index < -0.39 is 18.1 Å². The van der Waals surface area contributed by atoms with Gasteiger partial charge in [0.15, 0.2) is 0 Å². The lowest BCUT2D eigenvalue weighted by molar-refractivity contribution is -0.139. The minimum atomic E-state index is -1.05. The first-order valence-corrected chi connectivity index (χ1v) is 11.3. The molecule has 0 saturated heterocycles. The van der Waals surface area contributed by atoms with Crippen molar-refractivity contribution >= 4 is 17.8 Å². The van der Waals surface area contributed by atoms with Gasteiger partial charge in [-0.25, -0.2) is 5.01 Å². The smallest absolute Gasteiger partial charge is 0.319 e. The Morgan fingerprint density at radius 1 is 0.967 bits per heavy atom. The van der Waals surface area contributed by atoms with Crippen LogP contribution in [0.15, 0.2) is 0 Å². The number of carboxylic acid groups (broad SMARTS) is 1. The third kappa shape index (κ3) is 16.1. The number of carbonyl (C=O) groups is 3. The average Bonchev–Trinajstić information content (AvgIpc) is 2.65. The summed E-state index contributed by atoms with van der Waals surface area (Å²) in [5, 5.41) is 12.7. The molecule has 9 heteroatoms. The van der Waals surface area contributed by atoms with Crippen molar-refractivity contribution < 1.29 is 19.5 Å². The van der Waals surface area contributed by atoms with Crippen molar-refractivity contribution in [1.29, 1.82) is 0 Å². The van der Waals surface area contributed by atoms with Gasteiger partial charge in [0.2, 0.25) is 11.8 Å². The number of hydrazine groups is 1. The number of likely N-dealkylation sites (N-methyl/N-ethyl adjacent to an activating group) is 1. The number of carboxylic acids is 1. The molecule has 0 aliphatic heterocycles. The van der Waals surface area contributed by atoms with Gasteiger partial charge in [0, 0.05) is 19.5 Å². The number of nitrogens with two attached hydrogens (primary N) is 2. The van der Waals surface area contributed by atoms with E-state index in [1.54, 1.807) is 0 Å². The van der Waals surface area contributed by atoms with Gasteiger partial charge in [-0.1, -0.05) is 64.7 Å². The molecule has 0 unspecified atom stereocenters. The Labute approximate surface area is 181 Å². The van der Waals surface area contributed by atoms with Gasteiger partial charge in [-0.15, -0.1) is 0 Å². The van der Waals surface area contributed by atoms with E-state index >= 15 is 0 Å². The number of hydrogen-bond acceptors (Lipinski definition) is 6. The van der Waals surface area contributed by atoms with Gasteiger partial charge in [-0.2, -0.15) is 0 Å². The SMILES string of the molecule is CCCCCCCCCCC[C@H](N)C(=O)N[C@@H](CCN)CC(=O)NN(C)CC(=O)O. The fourth-order valence-electron chi connectivity index (χ4n) is 3.27. The molecule has 0 aliphatic carbocycles. The Kier molecular flexibility index (Phi) is 17.1. The number of unbranched alkanes of at least 4 members (excludes halogenated alkanes) is 8. The van der Waals surface area contributed by atoms with E-state index in [1.807, 2.05) is 0 Å². The van der Waals surface area contributed by atoms with E-state index in [1.165, 1.54) is 57.0 Å². The second kappa shape index (κ2) is 18.1. The largest absolute Gasteiger partial charge is 0.480 e. The second-order valence-corrected chi connectivity index (χ2v) is 8.00. The first-order valence-electron chi connectivity index (χ1n) is 11.3. The zero-order valence-electron chi connectivity index (χ0n) is 18.8. The van der Waals surface area contributed by atoms with Crippen molar-refractivity contribution in [3.8, 4) is 0 Å². The molecule has 0 bridgehead atoms. The summed E-state index contributed by atoms with van der Waals surface area (Å²) in [6, 6.07) is -1.04. The van der Waals surface area contributed by atoms with Gasteiger partial charge < -0.3 is 21.9 Å². The van der Waals surface area contributed by atoms with Crippen LogP contribution < -0.4 is 22.2 Å². The highest BCUT2D eigenvalue weighted by Gasteiger charge is 2.20. The van der Waals surface area contributed by atoms with Crippen LogP contribution in [-0.4, -0.2) is 60.1 Å². The van der Waals surface area contributed by atoms with Crippen LogP contribution >= 0.6 is 0 Å². The Hall–Kier alpha value is -1.71. The van der Waals surface area contributed by atoms with Gasteiger partial charge in [0.1, 0.15) is 6.54 Å². The lowest BCUT2D eigenvalue weighted by Gasteiger charge is -2.22. The van der Waals surface area contributed by atoms with E-state index in [0.29, 0.717) is 19.4 Å². The van der Waals surface area contributed by atoms with Crippen LogP contribution in [0.2, 0.25) is 0 Å². The van der Waals surface area contributed by atoms with Crippen LogP contribution in [0.25, 0.3) is 0 Å².